The molecule has 2 aromatic carbocycles. The van der Waals surface area contributed by atoms with Gasteiger partial charge >= 0.3 is 0 Å². The van der Waals surface area contributed by atoms with Gasteiger partial charge in [0.15, 0.2) is 5.78 Å². The lowest BCUT2D eigenvalue weighted by molar-refractivity contribution is -0.118. The minimum absolute atomic E-state index is 0.00509. The SMILES string of the molecule is CCc1ccc(Oc2ccc(Br)cc2)cc1C1=C(O)[C@@H]2[C@@H]3CC[C@@H](C3)[C@@H]2C1=O. The second kappa shape index (κ2) is 6.77. The fourth-order valence-corrected chi connectivity index (χ4v) is 5.86. The van der Waals surface area contributed by atoms with Crippen molar-refractivity contribution < 1.29 is 14.6 Å². The van der Waals surface area contributed by atoms with E-state index in [1.165, 1.54) is 0 Å². The predicted molar refractivity (Wildman–Crippen MR) is 112 cm³/mol. The number of carbonyl (C=O) groups excluding carboxylic acids is 1. The third-order valence-corrected chi connectivity index (χ3v) is 7.35. The van der Waals surface area contributed by atoms with E-state index in [2.05, 4.69) is 22.9 Å². The van der Waals surface area contributed by atoms with Crippen molar-refractivity contribution >= 4 is 27.3 Å². The van der Waals surface area contributed by atoms with Crippen LogP contribution >= 0.6 is 15.9 Å². The van der Waals surface area contributed by atoms with Crippen LogP contribution in [0.2, 0.25) is 0 Å². The molecular weight excluding hydrogens is 416 g/mol. The Morgan fingerprint density at radius 1 is 1.04 bits per heavy atom. The summed E-state index contributed by atoms with van der Waals surface area (Å²) in [4.78, 5) is 13.3. The van der Waals surface area contributed by atoms with E-state index < -0.39 is 0 Å². The molecule has 0 heterocycles. The van der Waals surface area contributed by atoms with Crippen molar-refractivity contribution in [3.63, 3.8) is 0 Å². The zero-order valence-electron chi connectivity index (χ0n) is 15.8. The van der Waals surface area contributed by atoms with Gasteiger partial charge in [-0.25, -0.2) is 0 Å². The number of rotatable bonds is 4. The summed E-state index contributed by atoms with van der Waals surface area (Å²) in [6.07, 6.45) is 4.18. The van der Waals surface area contributed by atoms with Crippen LogP contribution in [0, 0.1) is 23.7 Å². The largest absolute Gasteiger partial charge is 0.511 e. The fraction of sp³-hybridized carbons (Fsp3) is 0.375. The van der Waals surface area contributed by atoms with Crippen LogP contribution in [0.5, 0.6) is 11.5 Å². The molecule has 4 heteroatoms. The molecule has 4 atom stereocenters. The molecule has 28 heavy (non-hydrogen) atoms. The van der Waals surface area contributed by atoms with Crippen LogP contribution in [-0.4, -0.2) is 10.9 Å². The van der Waals surface area contributed by atoms with Gasteiger partial charge in [-0.05, 0) is 85.0 Å². The molecule has 5 rings (SSSR count). The molecule has 0 unspecified atom stereocenters. The highest BCUT2D eigenvalue weighted by Gasteiger charge is 2.57. The van der Waals surface area contributed by atoms with Gasteiger partial charge in [0, 0.05) is 16.3 Å². The summed E-state index contributed by atoms with van der Waals surface area (Å²) >= 11 is 3.43. The Labute approximate surface area is 173 Å². The van der Waals surface area contributed by atoms with E-state index in [0.717, 1.165) is 47.0 Å². The zero-order chi connectivity index (χ0) is 19.4. The molecule has 3 aliphatic carbocycles. The number of allylic oxidation sites excluding steroid dienone is 2. The van der Waals surface area contributed by atoms with E-state index >= 15 is 0 Å². The number of hydrogen-bond acceptors (Lipinski definition) is 3. The zero-order valence-corrected chi connectivity index (χ0v) is 17.4. The summed E-state index contributed by atoms with van der Waals surface area (Å²) in [6, 6.07) is 13.5. The van der Waals surface area contributed by atoms with Gasteiger partial charge in [0.25, 0.3) is 0 Å². The monoisotopic (exact) mass is 438 g/mol. The lowest BCUT2D eigenvalue weighted by Gasteiger charge is -2.23. The van der Waals surface area contributed by atoms with Crippen molar-refractivity contribution in [3.8, 4) is 11.5 Å². The number of hydrogen-bond donors (Lipinski definition) is 1. The summed E-state index contributed by atoms with van der Waals surface area (Å²) in [5, 5.41) is 11.0. The molecule has 2 saturated carbocycles. The Bertz CT molecular complexity index is 976. The molecule has 0 saturated heterocycles. The third-order valence-electron chi connectivity index (χ3n) is 6.82. The highest BCUT2D eigenvalue weighted by Crippen LogP contribution is 2.60. The van der Waals surface area contributed by atoms with Crippen LogP contribution in [0.25, 0.3) is 5.57 Å². The number of benzene rings is 2. The number of aliphatic hydroxyl groups excluding tert-OH is 1. The summed E-state index contributed by atoms with van der Waals surface area (Å²) < 4.78 is 7.01. The summed E-state index contributed by atoms with van der Waals surface area (Å²) in [7, 11) is 0. The van der Waals surface area contributed by atoms with Crippen molar-refractivity contribution in [1.29, 1.82) is 0 Å². The molecule has 2 aromatic rings. The summed E-state index contributed by atoms with van der Waals surface area (Å²) in [5.74, 6) is 2.87. The molecule has 2 fully saturated rings. The van der Waals surface area contributed by atoms with E-state index in [9.17, 15) is 9.90 Å². The third kappa shape index (κ3) is 2.73. The first-order chi connectivity index (χ1) is 13.6. The Morgan fingerprint density at radius 2 is 1.71 bits per heavy atom. The van der Waals surface area contributed by atoms with Gasteiger partial charge in [-0.2, -0.15) is 0 Å². The van der Waals surface area contributed by atoms with Crippen LogP contribution < -0.4 is 4.74 Å². The van der Waals surface area contributed by atoms with Crippen LogP contribution in [0.4, 0.5) is 0 Å². The first kappa shape index (κ1) is 18.0. The van der Waals surface area contributed by atoms with Gasteiger partial charge in [-0.1, -0.05) is 28.9 Å². The second-order valence-electron chi connectivity index (χ2n) is 8.24. The number of ether oxygens (including phenoxy) is 1. The molecule has 0 amide bonds. The summed E-state index contributed by atoms with van der Waals surface area (Å²) in [5.41, 5.74) is 2.46. The number of halogens is 1. The number of aliphatic hydroxyl groups is 1. The fourth-order valence-electron chi connectivity index (χ4n) is 5.59. The molecule has 2 bridgehead atoms. The van der Waals surface area contributed by atoms with Gasteiger partial charge in [0.2, 0.25) is 0 Å². The highest BCUT2D eigenvalue weighted by atomic mass is 79.9. The Kier molecular flexibility index (Phi) is 4.35. The smallest absolute Gasteiger partial charge is 0.170 e. The number of carbonyl (C=O) groups is 1. The van der Waals surface area contributed by atoms with Crippen LogP contribution in [0.1, 0.15) is 37.3 Å². The number of Topliss-reactive ketones (excluding diaryl/α,β-unsaturated/α-hetero) is 1. The molecule has 3 aliphatic rings. The summed E-state index contributed by atoms with van der Waals surface area (Å²) in [6.45, 7) is 2.08. The van der Waals surface area contributed by atoms with Crippen molar-refractivity contribution in [2.45, 2.75) is 32.6 Å². The van der Waals surface area contributed by atoms with E-state index in [-0.39, 0.29) is 17.6 Å². The van der Waals surface area contributed by atoms with Crippen LogP contribution in [-0.2, 0) is 11.2 Å². The average molecular weight is 439 g/mol. The number of fused-ring (bicyclic) bond motifs is 5. The van der Waals surface area contributed by atoms with Crippen LogP contribution in [0.15, 0.2) is 52.7 Å². The Morgan fingerprint density at radius 3 is 2.39 bits per heavy atom. The second-order valence-corrected chi connectivity index (χ2v) is 9.15. The van der Waals surface area contributed by atoms with Gasteiger partial charge in [0.1, 0.15) is 17.3 Å². The first-order valence-electron chi connectivity index (χ1n) is 10.1. The van der Waals surface area contributed by atoms with E-state index in [4.69, 9.17) is 4.74 Å². The quantitative estimate of drug-likeness (QED) is 0.607. The molecule has 0 aromatic heterocycles. The van der Waals surface area contributed by atoms with E-state index in [0.29, 0.717) is 28.9 Å². The standard InChI is InChI=1S/C24H23BrO3/c1-2-13-5-8-18(28-17-9-6-16(25)7-10-17)12-19(13)22-23(26)20-14-3-4-15(11-14)21(20)24(22)27/h5-10,12,14-15,20-21,26H,2-4,11H2,1H3/t14-,15+,20-,21+/m1/s1. The number of ketones is 1. The average Bonchev–Trinajstić information content (AvgIpc) is 3.37. The Balaban J connectivity index is 1.53. The lowest BCUT2D eigenvalue weighted by Crippen LogP contribution is -2.24. The van der Waals surface area contributed by atoms with Gasteiger partial charge in [-0.3, -0.25) is 4.79 Å². The minimum atomic E-state index is -0.00509. The lowest BCUT2D eigenvalue weighted by atomic mass is 9.80. The van der Waals surface area contributed by atoms with Gasteiger partial charge < -0.3 is 9.84 Å². The molecular formula is C24H23BrO3. The molecule has 3 nitrogen and oxygen atoms in total. The Hall–Kier alpha value is -2.07. The molecule has 0 radical (unpaired) electrons. The topological polar surface area (TPSA) is 46.5 Å². The van der Waals surface area contributed by atoms with E-state index in [1.807, 2.05) is 42.5 Å². The van der Waals surface area contributed by atoms with Gasteiger partial charge in [0.05, 0.1) is 5.57 Å². The van der Waals surface area contributed by atoms with Crippen molar-refractivity contribution in [2.75, 3.05) is 0 Å². The van der Waals surface area contributed by atoms with E-state index in [1.54, 1.807) is 0 Å². The van der Waals surface area contributed by atoms with Crippen molar-refractivity contribution in [3.05, 3.63) is 63.8 Å². The normalized spacial score (nSPS) is 28.1. The first-order valence-corrected chi connectivity index (χ1v) is 10.9. The maximum Gasteiger partial charge on any atom is 0.170 e. The van der Waals surface area contributed by atoms with Gasteiger partial charge in [-0.15, -0.1) is 0 Å². The van der Waals surface area contributed by atoms with Crippen molar-refractivity contribution in [1.82, 2.24) is 0 Å². The molecule has 0 aliphatic heterocycles. The molecule has 144 valence electrons. The molecule has 1 N–H and O–H groups in total. The maximum atomic E-state index is 13.3. The maximum absolute atomic E-state index is 13.3. The predicted octanol–water partition coefficient (Wildman–Crippen LogP) is 6.32. The highest BCUT2D eigenvalue weighted by molar-refractivity contribution is 9.10. The number of aryl methyl sites for hydroxylation is 1. The molecule has 0 spiro atoms. The van der Waals surface area contributed by atoms with Crippen molar-refractivity contribution in [2.24, 2.45) is 23.7 Å². The van der Waals surface area contributed by atoms with Crippen LogP contribution in [0.3, 0.4) is 0 Å². The minimum Gasteiger partial charge on any atom is -0.511 e.